The molecule has 0 spiro atoms. The van der Waals surface area contributed by atoms with Crippen molar-refractivity contribution in [2.45, 2.75) is 19.6 Å². The minimum atomic E-state index is -0.987. The van der Waals surface area contributed by atoms with E-state index in [9.17, 15) is 4.79 Å². The average molecular weight is 329 g/mol. The van der Waals surface area contributed by atoms with E-state index in [1.165, 1.54) is 6.92 Å². The second-order valence-corrected chi connectivity index (χ2v) is 5.45. The highest BCUT2D eigenvalue weighted by Crippen LogP contribution is 2.32. The number of carboxylic acids is 1. The van der Waals surface area contributed by atoms with Crippen LogP contribution in [0.1, 0.15) is 12.5 Å². The first kappa shape index (κ1) is 16.0. The summed E-state index contributed by atoms with van der Waals surface area (Å²) in [4.78, 5) is 10.8. The third-order valence-electron chi connectivity index (χ3n) is 3.62. The minimum Gasteiger partial charge on any atom is -0.486 e. The SMILES string of the molecule is CC(Oc1ccc(CNc2ccc3c(c2)OCCO3)cc1)C(=O)O. The Morgan fingerprint density at radius 2 is 1.88 bits per heavy atom. The van der Waals surface area contributed by atoms with E-state index in [0.29, 0.717) is 25.5 Å². The van der Waals surface area contributed by atoms with Gasteiger partial charge >= 0.3 is 5.97 Å². The van der Waals surface area contributed by atoms with Crippen LogP contribution in [0.4, 0.5) is 5.69 Å². The number of hydrogen-bond acceptors (Lipinski definition) is 5. The van der Waals surface area contributed by atoms with Crippen molar-refractivity contribution in [1.82, 2.24) is 0 Å². The summed E-state index contributed by atoms with van der Waals surface area (Å²) in [5.41, 5.74) is 2.00. The molecule has 1 heterocycles. The molecule has 0 saturated carbocycles. The number of fused-ring (bicyclic) bond motifs is 1. The molecule has 1 aliphatic heterocycles. The van der Waals surface area contributed by atoms with E-state index in [-0.39, 0.29) is 0 Å². The van der Waals surface area contributed by atoms with Crippen molar-refractivity contribution in [3.8, 4) is 17.2 Å². The molecule has 1 aliphatic rings. The predicted octanol–water partition coefficient (Wildman–Crippen LogP) is 2.92. The Kier molecular flexibility index (Phi) is 4.74. The van der Waals surface area contributed by atoms with Gasteiger partial charge in [-0.1, -0.05) is 12.1 Å². The second kappa shape index (κ2) is 7.12. The van der Waals surface area contributed by atoms with E-state index in [1.807, 2.05) is 30.3 Å². The summed E-state index contributed by atoms with van der Waals surface area (Å²) in [6.07, 6.45) is -0.869. The molecule has 0 radical (unpaired) electrons. The lowest BCUT2D eigenvalue weighted by Crippen LogP contribution is -2.22. The summed E-state index contributed by atoms with van der Waals surface area (Å²) in [5, 5.41) is 12.2. The van der Waals surface area contributed by atoms with E-state index in [0.717, 1.165) is 22.7 Å². The number of anilines is 1. The Morgan fingerprint density at radius 1 is 1.17 bits per heavy atom. The predicted molar refractivity (Wildman–Crippen MR) is 88.9 cm³/mol. The maximum Gasteiger partial charge on any atom is 0.344 e. The molecule has 0 fully saturated rings. The van der Waals surface area contributed by atoms with E-state index in [1.54, 1.807) is 12.1 Å². The summed E-state index contributed by atoms with van der Waals surface area (Å²) in [7, 11) is 0. The topological polar surface area (TPSA) is 77.0 Å². The fourth-order valence-corrected chi connectivity index (χ4v) is 2.30. The van der Waals surface area contributed by atoms with Gasteiger partial charge in [-0.25, -0.2) is 4.79 Å². The van der Waals surface area contributed by atoms with Gasteiger partial charge in [0.15, 0.2) is 17.6 Å². The number of ether oxygens (including phenoxy) is 3. The van der Waals surface area contributed by atoms with Gasteiger partial charge in [0.05, 0.1) is 0 Å². The van der Waals surface area contributed by atoms with Crippen LogP contribution in [-0.4, -0.2) is 30.4 Å². The standard InChI is InChI=1S/C18H19NO5/c1-12(18(20)21)24-15-5-2-13(3-6-15)11-19-14-4-7-16-17(10-14)23-9-8-22-16/h2-7,10,12,19H,8-9,11H2,1H3,(H,20,21). The van der Waals surface area contributed by atoms with Gasteiger partial charge in [0.1, 0.15) is 19.0 Å². The van der Waals surface area contributed by atoms with Crippen molar-refractivity contribution in [3.63, 3.8) is 0 Å². The zero-order valence-electron chi connectivity index (χ0n) is 13.3. The molecular weight excluding hydrogens is 310 g/mol. The first-order valence-corrected chi connectivity index (χ1v) is 7.74. The van der Waals surface area contributed by atoms with Crippen molar-refractivity contribution >= 4 is 11.7 Å². The molecule has 0 amide bonds. The Labute approximate surface area is 140 Å². The molecule has 24 heavy (non-hydrogen) atoms. The molecule has 6 heteroatoms. The first-order valence-electron chi connectivity index (χ1n) is 7.74. The smallest absolute Gasteiger partial charge is 0.344 e. The zero-order valence-corrected chi connectivity index (χ0v) is 13.3. The largest absolute Gasteiger partial charge is 0.486 e. The van der Waals surface area contributed by atoms with Crippen LogP contribution in [0.15, 0.2) is 42.5 Å². The van der Waals surface area contributed by atoms with Crippen molar-refractivity contribution in [2.75, 3.05) is 18.5 Å². The van der Waals surface area contributed by atoms with Crippen LogP contribution in [-0.2, 0) is 11.3 Å². The monoisotopic (exact) mass is 329 g/mol. The van der Waals surface area contributed by atoms with Gasteiger partial charge in [0, 0.05) is 18.3 Å². The molecule has 3 rings (SSSR count). The molecule has 0 bridgehead atoms. The van der Waals surface area contributed by atoms with Crippen LogP contribution in [0, 0.1) is 0 Å². The summed E-state index contributed by atoms with van der Waals surface area (Å²) < 4.78 is 16.4. The van der Waals surface area contributed by atoms with Gasteiger partial charge in [-0.3, -0.25) is 0 Å². The van der Waals surface area contributed by atoms with Crippen LogP contribution >= 0.6 is 0 Å². The highest BCUT2D eigenvalue weighted by molar-refractivity contribution is 5.72. The van der Waals surface area contributed by atoms with E-state index in [4.69, 9.17) is 19.3 Å². The van der Waals surface area contributed by atoms with Gasteiger partial charge < -0.3 is 24.6 Å². The Hall–Kier alpha value is -2.89. The Balaban J connectivity index is 1.57. The van der Waals surface area contributed by atoms with Crippen molar-refractivity contribution in [1.29, 1.82) is 0 Å². The number of nitrogens with one attached hydrogen (secondary N) is 1. The van der Waals surface area contributed by atoms with Gasteiger partial charge in [-0.05, 0) is 36.8 Å². The third kappa shape index (κ3) is 3.90. The Bertz CT molecular complexity index is 714. The van der Waals surface area contributed by atoms with E-state index < -0.39 is 12.1 Å². The fraction of sp³-hybridized carbons (Fsp3) is 0.278. The summed E-state index contributed by atoms with van der Waals surface area (Å²) in [5.74, 6) is 1.06. The number of aliphatic carboxylic acids is 1. The lowest BCUT2D eigenvalue weighted by Gasteiger charge is -2.19. The summed E-state index contributed by atoms with van der Waals surface area (Å²) >= 11 is 0. The van der Waals surface area contributed by atoms with Crippen LogP contribution in [0.3, 0.4) is 0 Å². The number of carboxylic acid groups (broad SMARTS) is 1. The van der Waals surface area contributed by atoms with E-state index >= 15 is 0 Å². The van der Waals surface area contributed by atoms with Crippen LogP contribution in [0.5, 0.6) is 17.2 Å². The summed E-state index contributed by atoms with van der Waals surface area (Å²) in [6.45, 7) is 3.27. The highest BCUT2D eigenvalue weighted by atomic mass is 16.6. The summed E-state index contributed by atoms with van der Waals surface area (Å²) in [6, 6.07) is 13.1. The van der Waals surface area contributed by atoms with Crippen LogP contribution in [0.2, 0.25) is 0 Å². The molecule has 0 aromatic heterocycles. The molecule has 1 atom stereocenters. The van der Waals surface area contributed by atoms with Crippen molar-refractivity contribution in [3.05, 3.63) is 48.0 Å². The zero-order chi connectivity index (χ0) is 16.9. The average Bonchev–Trinajstić information content (AvgIpc) is 2.61. The molecule has 0 saturated heterocycles. The molecule has 2 aromatic carbocycles. The Morgan fingerprint density at radius 3 is 2.58 bits per heavy atom. The maximum absolute atomic E-state index is 10.8. The van der Waals surface area contributed by atoms with Crippen LogP contribution < -0.4 is 19.5 Å². The van der Waals surface area contributed by atoms with Gasteiger partial charge in [0.25, 0.3) is 0 Å². The third-order valence-corrected chi connectivity index (χ3v) is 3.62. The van der Waals surface area contributed by atoms with Crippen molar-refractivity contribution < 1.29 is 24.1 Å². The molecule has 6 nitrogen and oxygen atoms in total. The van der Waals surface area contributed by atoms with Gasteiger partial charge in [0.2, 0.25) is 0 Å². The highest BCUT2D eigenvalue weighted by Gasteiger charge is 2.13. The molecule has 2 aromatic rings. The van der Waals surface area contributed by atoms with Gasteiger partial charge in [-0.15, -0.1) is 0 Å². The lowest BCUT2D eigenvalue weighted by molar-refractivity contribution is -0.144. The maximum atomic E-state index is 10.8. The molecule has 126 valence electrons. The van der Waals surface area contributed by atoms with Gasteiger partial charge in [-0.2, -0.15) is 0 Å². The lowest BCUT2D eigenvalue weighted by atomic mass is 10.2. The normalized spacial score (nSPS) is 13.9. The number of hydrogen-bond donors (Lipinski definition) is 2. The number of rotatable bonds is 6. The molecular formula is C18H19NO5. The van der Waals surface area contributed by atoms with Crippen LogP contribution in [0.25, 0.3) is 0 Å². The second-order valence-electron chi connectivity index (χ2n) is 5.45. The molecule has 1 unspecified atom stereocenters. The number of benzene rings is 2. The first-order chi connectivity index (χ1) is 11.6. The quantitative estimate of drug-likeness (QED) is 0.848. The van der Waals surface area contributed by atoms with Crippen molar-refractivity contribution in [2.24, 2.45) is 0 Å². The molecule has 0 aliphatic carbocycles. The van der Waals surface area contributed by atoms with E-state index in [2.05, 4.69) is 5.32 Å². The molecule has 2 N–H and O–H groups in total. The fourth-order valence-electron chi connectivity index (χ4n) is 2.30. The minimum absolute atomic E-state index is 0.535. The number of carbonyl (C=O) groups is 1.